The summed E-state index contributed by atoms with van der Waals surface area (Å²) in [5.41, 5.74) is 9.17. The van der Waals surface area contributed by atoms with Crippen LogP contribution in [0.2, 0.25) is 0 Å². The number of aryl methyl sites for hydroxylation is 2. The van der Waals surface area contributed by atoms with Gasteiger partial charge in [-0.25, -0.2) is 0 Å². The van der Waals surface area contributed by atoms with E-state index in [1.165, 1.54) is 11.1 Å². The van der Waals surface area contributed by atoms with E-state index in [1.54, 1.807) is 38.1 Å². The van der Waals surface area contributed by atoms with Crippen molar-refractivity contribution >= 4 is 47.7 Å². The second-order valence-corrected chi connectivity index (χ2v) is 15.2. The summed E-state index contributed by atoms with van der Waals surface area (Å²) < 4.78 is 18.1. The van der Waals surface area contributed by atoms with Gasteiger partial charge in [0.2, 0.25) is 12.3 Å². The minimum atomic E-state index is -0.329. The second kappa shape index (κ2) is 18.1. The van der Waals surface area contributed by atoms with E-state index in [2.05, 4.69) is 28.8 Å². The fourth-order valence-corrected chi connectivity index (χ4v) is 7.69. The molecule has 0 bridgehead atoms. The number of hydrogen-bond acceptors (Lipinski definition) is 9. The Labute approximate surface area is 340 Å². The van der Waals surface area contributed by atoms with E-state index in [0.717, 1.165) is 65.8 Å². The fraction of sp³-hybridized carbons (Fsp3) is 0.370. The summed E-state index contributed by atoms with van der Waals surface area (Å²) in [5, 5.41) is 5.91. The molecular formula is C46H52N6O6. The van der Waals surface area contributed by atoms with Crippen molar-refractivity contribution < 1.29 is 28.6 Å². The molecule has 0 aliphatic carbocycles. The van der Waals surface area contributed by atoms with Gasteiger partial charge in [-0.15, -0.1) is 0 Å². The summed E-state index contributed by atoms with van der Waals surface area (Å²) in [6.07, 6.45) is 8.53. The second-order valence-electron chi connectivity index (χ2n) is 15.2. The minimum absolute atomic E-state index is 0.105. The van der Waals surface area contributed by atoms with Crippen LogP contribution in [0.5, 0.6) is 17.2 Å². The lowest BCUT2D eigenvalue weighted by Gasteiger charge is -2.34. The van der Waals surface area contributed by atoms with Gasteiger partial charge in [0, 0.05) is 43.3 Å². The maximum Gasteiger partial charge on any atom is 0.257 e. The Hall–Kier alpha value is -6.01. The van der Waals surface area contributed by atoms with E-state index in [0.29, 0.717) is 61.2 Å². The first-order valence-electron chi connectivity index (χ1n) is 20.0. The summed E-state index contributed by atoms with van der Waals surface area (Å²) >= 11 is 0. The molecule has 302 valence electrons. The SMILES string of the molecule is CNC(C)C(=O)Nc1ccc2c(c1)CN1C(=O)c3cc(OC)c(OCCCCCOc4cc(/N=C\C5Cc6ccccc6CN5C=O)c(C)cc4C)cc3N=CC1C2. The molecule has 3 amide bonds. The van der Waals surface area contributed by atoms with Crippen molar-refractivity contribution in [2.24, 2.45) is 9.98 Å². The third-order valence-electron chi connectivity index (χ3n) is 11.3. The zero-order valence-corrected chi connectivity index (χ0v) is 33.9. The van der Waals surface area contributed by atoms with Gasteiger partial charge in [-0.1, -0.05) is 36.4 Å². The van der Waals surface area contributed by atoms with Gasteiger partial charge in [-0.2, -0.15) is 0 Å². The van der Waals surface area contributed by atoms with Gasteiger partial charge in [0.25, 0.3) is 5.91 Å². The lowest BCUT2D eigenvalue weighted by atomic mass is 9.93. The number of methoxy groups -OCH3 is 1. The van der Waals surface area contributed by atoms with Crippen LogP contribution in [0.25, 0.3) is 0 Å². The Morgan fingerprint density at radius 3 is 2.41 bits per heavy atom. The molecule has 12 nitrogen and oxygen atoms in total. The number of likely N-dealkylation sites (N-methyl/N-ethyl adjacent to an activating group) is 1. The van der Waals surface area contributed by atoms with Crippen LogP contribution < -0.4 is 24.8 Å². The Balaban J connectivity index is 0.913. The molecule has 7 rings (SSSR count). The van der Waals surface area contributed by atoms with Crippen LogP contribution in [0.15, 0.2) is 76.7 Å². The van der Waals surface area contributed by atoms with Crippen molar-refractivity contribution in [3.8, 4) is 17.2 Å². The number of carbonyl (C=O) groups excluding carboxylic acids is 3. The maximum atomic E-state index is 14.0. The topological polar surface area (TPSA) is 134 Å². The van der Waals surface area contributed by atoms with E-state index in [1.807, 2.05) is 67.6 Å². The number of amides is 3. The van der Waals surface area contributed by atoms with Crippen LogP contribution in [0.1, 0.15) is 69.9 Å². The molecule has 0 aromatic heterocycles. The lowest BCUT2D eigenvalue weighted by Crippen LogP contribution is -2.44. The predicted molar refractivity (Wildman–Crippen MR) is 227 cm³/mol. The third-order valence-corrected chi connectivity index (χ3v) is 11.3. The maximum absolute atomic E-state index is 14.0. The first-order chi connectivity index (χ1) is 28.1. The van der Waals surface area contributed by atoms with Gasteiger partial charge in [0.1, 0.15) is 5.75 Å². The van der Waals surface area contributed by atoms with Gasteiger partial charge in [0.15, 0.2) is 11.5 Å². The average Bonchev–Trinajstić information content (AvgIpc) is 3.36. The molecular weight excluding hydrogens is 733 g/mol. The molecule has 4 aromatic rings. The molecule has 3 aliphatic heterocycles. The van der Waals surface area contributed by atoms with Gasteiger partial charge in [-0.3, -0.25) is 24.4 Å². The number of hydrogen-bond donors (Lipinski definition) is 2. The number of anilines is 1. The molecule has 12 heteroatoms. The number of carbonyl (C=O) groups is 3. The Bertz CT molecular complexity index is 2240. The summed E-state index contributed by atoms with van der Waals surface area (Å²) in [6.45, 7) is 7.88. The fourth-order valence-electron chi connectivity index (χ4n) is 7.69. The first-order valence-corrected chi connectivity index (χ1v) is 20.0. The Morgan fingerprint density at radius 1 is 0.897 bits per heavy atom. The van der Waals surface area contributed by atoms with Gasteiger partial charge < -0.3 is 34.6 Å². The molecule has 58 heavy (non-hydrogen) atoms. The van der Waals surface area contributed by atoms with Crippen molar-refractivity contribution in [1.29, 1.82) is 0 Å². The zero-order chi connectivity index (χ0) is 40.8. The van der Waals surface area contributed by atoms with Crippen LogP contribution in [0, 0.1) is 13.8 Å². The minimum Gasteiger partial charge on any atom is -0.493 e. The number of nitrogens with one attached hydrogen (secondary N) is 2. The average molecular weight is 785 g/mol. The standard InChI is InChI=1S/C46H52N6O6/c1-29-17-30(2)42(22-40(29)48-24-37-19-32-11-7-8-12-34(32)26-51(37)28-53)57-15-9-6-10-16-58-44-23-41-39(21-43(44)56-5)46(55)52-27-35-18-36(50-45(54)31(3)47-4)14-13-33(35)20-38(52)25-49-41/h7-8,11-14,17-18,21-25,28,31,37-38,47H,6,9-10,15-16,19-20,26-27H2,1-5H3,(H,50,54)/b48-24-. The van der Waals surface area contributed by atoms with Gasteiger partial charge in [0.05, 0.1) is 55.4 Å². The molecule has 0 saturated heterocycles. The highest BCUT2D eigenvalue weighted by atomic mass is 16.5. The molecule has 3 atom stereocenters. The lowest BCUT2D eigenvalue weighted by molar-refractivity contribution is -0.120. The molecule has 2 N–H and O–H groups in total. The van der Waals surface area contributed by atoms with Gasteiger partial charge in [-0.05, 0) is 112 Å². The predicted octanol–water partition coefficient (Wildman–Crippen LogP) is 7.06. The zero-order valence-electron chi connectivity index (χ0n) is 33.9. The molecule has 0 radical (unpaired) electrons. The number of ether oxygens (including phenoxy) is 3. The van der Waals surface area contributed by atoms with Crippen molar-refractivity contribution in [2.45, 2.75) is 84.1 Å². The highest BCUT2D eigenvalue weighted by Gasteiger charge is 2.34. The van der Waals surface area contributed by atoms with Crippen LogP contribution in [-0.2, 0) is 35.5 Å². The first kappa shape index (κ1) is 40.2. The molecule has 4 aromatic carbocycles. The Kier molecular flexibility index (Phi) is 12.5. The molecule has 3 heterocycles. The van der Waals surface area contributed by atoms with Crippen LogP contribution in [-0.4, -0.2) is 86.0 Å². The highest BCUT2D eigenvalue weighted by molar-refractivity contribution is 6.03. The summed E-state index contributed by atoms with van der Waals surface area (Å²) in [7, 11) is 3.31. The molecule has 3 unspecified atom stereocenters. The number of benzene rings is 4. The summed E-state index contributed by atoms with van der Waals surface area (Å²) in [5.74, 6) is 1.57. The number of aliphatic imine (C=N–C) groups is 2. The summed E-state index contributed by atoms with van der Waals surface area (Å²) in [4.78, 5) is 51.5. The van der Waals surface area contributed by atoms with E-state index >= 15 is 0 Å². The van der Waals surface area contributed by atoms with Crippen LogP contribution in [0.4, 0.5) is 17.1 Å². The van der Waals surface area contributed by atoms with Crippen LogP contribution >= 0.6 is 0 Å². The smallest absolute Gasteiger partial charge is 0.257 e. The number of rotatable bonds is 15. The van der Waals surface area contributed by atoms with Gasteiger partial charge >= 0.3 is 0 Å². The monoisotopic (exact) mass is 784 g/mol. The van der Waals surface area contributed by atoms with E-state index < -0.39 is 0 Å². The van der Waals surface area contributed by atoms with E-state index in [-0.39, 0.29) is 29.9 Å². The highest BCUT2D eigenvalue weighted by Crippen LogP contribution is 2.39. The molecule has 0 spiro atoms. The Morgan fingerprint density at radius 2 is 1.66 bits per heavy atom. The van der Waals surface area contributed by atoms with E-state index in [4.69, 9.17) is 24.2 Å². The van der Waals surface area contributed by atoms with Crippen molar-refractivity contribution in [2.75, 3.05) is 32.7 Å². The normalized spacial score (nSPS) is 17.4. The number of nitrogens with zero attached hydrogens (tertiary/aromatic N) is 4. The molecule has 0 saturated carbocycles. The third kappa shape index (κ3) is 8.92. The van der Waals surface area contributed by atoms with Crippen molar-refractivity contribution in [3.05, 3.63) is 106 Å². The van der Waals surface area contributed by atoms with Crippen LogP contribution in [0.3, 0.4) is 0 Å². The van der Waals surface area contributed by atoms with Crippen molar-refractivity contribution in [3.63, 3.8) is 0 Å². The number of unbranched alkanes of at least 4 members (excludes halogenated alkanes) is 2. The quantitative estimate of drug-likeness (QED) is 0.0750. The summed E-state index contributed by atoms with van der Waals surface area (Å²) in [6, 6.07) is 21.1. The molecule has 3 aliphatic rings. The van der Waals surface area contributed by atoms with E-state index in [9.17, 15) is 14.4 Å². The molecule has 0 fully saturated rings. The number of fused-ring (bicyclic) bond motifs is 4. The largest absolute Gasteiger partial charge is 0.493 e. The van der Waals surface area contributed by atoms with Crippen molar-refractivity contribution in [1.82, 2.24) is 15.1 Å².